The van der Waals surface area contributed by atoms with Crippen LogP contribution in [0.3, 0.4) is 0 Å². The molecule has 0 spiro atoms. The molecule has 2 N–H and O–H groups in total. The van der Waals surface area contributed by atoms with Crippen molar-refractivity contribution in [1.29, 1.82) is 0 Å². The number of halogens is 6. The lowest BCUT2D eigenvalue weighted by molar-refractivity contribution is -0.384. The Kier molecular flexibility index (Phi) is 7.99. The molecule has 0 saturated heterocycles. The number of alkyl halides is 6. The van der Waals surface area contributed by atoms with Gasteiger partial charge in [0.15, 0.2) is 0 Å². The van der Waals surface area contributed by atoms with Crippen LogP contribution in [0.15, 0.2) is 97.2 Å². The number of non-ortho nitro benzene ring substituents is 1. The molecule has 0 saturated carbocycles. The van der Waals surface area contributed by atoms with Gasteiger partial charge in [0.25, 0.3) is 5.69 Å². The van der Waals surface area contributed by atoms with Gasteiger partial charge in [-0.1, -0.05) is 48.5 Å². The number of amides is 2. The summed E-state index contributed by atoms with van der Waals surface area (Å²) in [4.78, 5) is 27.7. The Labute approximate surface area is 229 Å². The molecule has 13 heteroatoms. The molecule has 4 rings (SSSR count). The largest absolute Gasteiger partial charge is 0.417 e. The predicted octanol–water partition coefficient (Wildman–Crippen LogP) is 7.34. The average molecular weight is 574 g/mol. The summed E-state index contributed by atoms with van der Waals surface area (Å²) in [6, 6.07) is 17.9. The van der Waals surface area contributed by atoms with Crippen LogP contribution >= 0.6 is 0 Å². The minimum absolute atomic E-state index is 0.00488. The monoisotopic (exact) mass is 574 g/mol. The Bertz CT molecular complexity index is 1540. The second-order valence-electron chi connectivity index (χ2n) is 8.96. The molecule has 41 heavy (non-hydrogen) atoms. The molecule has 0 radical (unpaired) electrons. The number of carbonyl (C=O) groups excluding carboxylic acids is 1. The van der Waals surface area contributed by atoms with Crippen LogP contribution in [0, 0.1) is 10.1 Å². The molecular weight excluding hydrogens is 554 g/mol. The second kappa shape index (κ2) is 11.3. The standard InChI is InChI=1S/C28H20F6N4O3/c29-27(30,31)20-9-4-8-19(14-20)26(16-18-6-2-1-3-7-18,24-13-12-21(17-35-24)28(32,33)34)37-25(39)36-22-10-5-11-23(15-22)38(40)41/h1-15,17H,16H2,(H2,36,37,39). The first kappa shape index (κ1) is 29.1. The summed E-state index contributed by atoms with van der Waals surface area (Å²) < 4.78 is 81.1. The van der Waals surface area contributed by atoms with Gasteiger partial charge in [-0.15, -0.1) is 0 Å². The second-order valence-corrected chi connectivity index (χ2v) is 8.96. The molecule has 4 aromatic rings. The fourth-order valence-electron chi connectivity index (χ4n) is 4.25. The summed E-state index contributed by atoms with van der Waals surface area (Å²) >= 11 is 0. The van der Waals surface area contributed by atoms with Crippen molar-refractivity contribution in [3.8, 4) is 0 Å². The van der Waals surface area contributed by atoms with E-state index in [1.54, 1.807) is 30.3 Å². The van der Waals surface area contributed by atoms with Gasteiger partial charge in [-0.2, -0.15) is 26.3 Å². The SMILES string of the molecule is O=C(Nc1cccc([N+](=O)[O-])c1)NC(Cc1ccccc1)(c1cccc(C(F)(F)F)c1)c1ccc(C(F)(F)F)cn1. The van der Waals surface area contributed by atoms with Gasteiger partial charge in [0, 0.05) is 30.4 Å². The topological polar surface area (TPSA) is 97.2 Å². The van der Waals surface area contributed by atoms with Crippen LogP contribution in [0.1, 0.15) is 27.9 Å². The minimum Gasteiger partial charge on any atom is -0.322 e. The number of aromatic nitrogens is 1. The first-order valence-electron chi connectivity index (χ1n) is 11.9. The Hall–Kier alpha value is -4.94. The van der Waals surface area contributed by atoms with Crippen LogP contribution in [0.5, 0.6) is 0 Å². The normalized spacial score (nSPS) is 13.2. The zero-order chi connectivity index (χ0) is 29.8. The Morgan fingerprint density at radius 2 is 1.44 bits per heavy atom. The summed E-state index contributed by atoms with van der Waals surface area (Å²) in [6.07, 6.45) is -9.19. The number of pyridine rings is 1. The molecule has 0 bridgehead atoms. The molecule has 7 nitrogen and oxygen atoms in total. The summed E-state index contributed by atoms with van der Waals surface area (Å²) in [6.45, 7) is 0. The summed E-state index contributed by atoms with van der Waals surface area (Å²) in [7, 11) is 0. The highest BCUT2D eigenvalue weighted by atomic mass is 19.4. The van der Waals surface area contributed by atoms with Crippen molar-refractivity contribution in [2.45, 2.75) is 24.3 Å². The van der Waals surface area contributed by atoms with Gasteiger partial charge in [0.2, 0.25) is 0 Å². The number of nitrogens with one attached hydrogen (secondary N) is 2. The zero-order valence-corrected chi connectivity index (χ0v) is 20.8. The van der Waals surface area contributed by atoms with Gasteiger partial charge in [0.05, 0.1) is 21.7 Å². The van der Waals surface area contributed by atoms with Gasteiger partial charge in [0.1, 0.15) is 5.54 Å². The molecular formula is C28H20F6N4O3. The minimum atomic E-state index is -4.77. The highest BCUT2D eigenvalue weighted by Gasteiger charge is 2.41. The first-order valence-corrected chi connectivity index (χ1v) is 11.9. The number of hydrogen-bond acceptors (Lipinski definition) is 4. The maximum atomic E-state index is 13.7. The molecule has 1 unspecified atom stereocenters. The van der Waals surface area contributed by atoms with Gasteiger partial charge < -0.3 is 10.6 Å². The summed E-state index contributed by atoms with van der Waals surface area (Å²) in [5.41, 5.74) is -4.18. The number of nitro groups is 1. The van der Waals surface area contributed by atoms with Crippen LogP contribution < -0.4 is 10.6 Å². The third kappa shape index (κ3) is 6.80. The quantitative estimate of drug-likeness (QED) is 0.137. The van der Waals surface area contributed by atoms with E-state index in [1.807, 2.05) is 0 Å². The van der Waals surface area contributed by atoms with Crippen LogP contribution in [0.25, 0.3) is 0 Å². The number of nitrogens with zero attached hydrogens (tertiary/aromatic N) is 2. The van der Waals surface area contributed by atoms with Gasteiger partial charge in [-0.3, -0.25) is 15.1 Å². The van der Waals surface area contributed by atoms with Crippen LogP contribution in [0.4, 0.5) is 42.5 Å². The van der Waals surface area contributed by atoms with Crippen molar-refractivity contribution >= 4 is 17.4 Å². The molecule has 2 amide bonds. The highest BCUT2D eigenvalue weighted by Crippen LogP contribution is 2.38. The molecule has 0 fully saturated rings. The number of nitro benzene ring substituents is 1. The fraction of sp³-hybridized carbons (Fsp3) is 0.143. The lowest BCUT2D eigenvalue weighted by Crippen LogP contribution is -2.50. The van der Waals surface area contributed by atoms with Crippen molar-refractivity contribution in [1.82, 2.24) is 10.3 Å². The van der Waals surface area contributed by atoms with E-state index in [9.17, 15) is 41.3 Å². The Balaban J connectivity index is 1.88. The van der Waals surface area contributed by atoms with E-state index >= 15 is 0 Å². The zero-order valence-electron chi connectivity index (χ0n) is 20.8. The number of anilines is 1. The smallest absolute Gasteiger partial charge is 0.322 e. The van der Waals surface area contributed by atoms with E-state index in [2.05, 4.69) is 15.6 Å². The van der Waals surface area contributed by atoms with E-state index in [-0.39, 0.29) is 29.1 Å². The summed E-state index contributed by atoms with van der Waals surface area (Å²) in [5, 5.41) is 16.2. The summed E-state index contributed by atoms with van der Waals surface area (Å²) in [5.74, 6) is 0. The van der Waals surface area contributed by atoms with Crippen LogP contribution in [0.2, 0.25) is 0 Å². The van der Waals surface area contributed by atoms with Crippen molar-refractivity contribution in [3.63, 3.8) is 0 Å². The lowest BCUT2D eigenvalue weighted by Gasteiger charge is -2.36. The van der Waals surface area contributed by atoms with Gasteiger partial charge in [-0.05, 0) is 41.5 Å². The predicted molar refractivity (Wildman–Crippen MR) is 137 cm³/mol. The highest BCUT2D eigenvalue weighted by molar-refractivity contribution is 5.90. The number of carbonyl (C=O) groups is 1. The molecule has 0 aliphatic carbocycles. The maximum absolute atomic E-state index is 13.7. The number of rotatable bonds is 7. The molecule has 3 aromatic carbocycles. The first-order chi connectivity index (χ1) is 19.3. The van der Waals surface area contributed by atoms with Crippen molar-refractivity contribution in [2.24, 2.45) is 0 Å². The molecule has 1 aromatic heterocycles. The lowest BCUT2D eigenvalue weighted by atomic mass is 9.79. The maximum Gasteiger partial charge on any atom is 0.417 e. The van der Waals surface area contributed by atoms with E-state index in [1.165, 1.54) is 24.3 Å². The van der Waals surface area contributed by atoms with Gasteiger partial charge >= 0.3 is 18.4 Å². The van der Waals surface area contributed by atoms with Gasteiger partial charge in [-0.25, -0.2) is 4.79 Å². The van der Waals surface area contributed by atoms with E-state index in [4.69, 9.17) is 0 Å². The van der Waals surface area contributed by atoms with E-state index in [0.29, 0.717) is 11.8 Å². The molecule has 1 atom stereocenters. The van der Waals surface area contributed by atoms with Crippen molar-refractivity contribution in [3.05, 3.63) is 135 Å². The number of hydrogen-bond donors (Lipinski definition) is 2. The third-order valence-corrected chi connectivity index (χ3v) is 6.16. The fourth-order valence-corrected chi connectivity index (χ4v) is 4.25. The number of benzene rings is 3. The van der Waals surface area contributed by atoms with Crippen molar-refractivity contribution < 1.29 is 36.1 Å². The molecule has 0 aliphatic rings. The van der Waals surface area contributed by atoms with E-state index < -0.39 is 40.0 Å². The molecule has 0 aliphatic heterocycles. The van der Waals surface area contributed by atoms with Crippen LogP contribution in [-0.4, -0.2) is 15.9 Å². The Morgan fingerprint density at radius 1 is 0.780 bits per heavy atom. The number of urea groups is 1. The third-order valence-electron chi connectivity index (χ3n) is 6.16. The Morgan fingerprint density at radius 3 is 2.05 bits per heavy atom. The van der Waals surface area contributed by atoms with E-state index in [0.717, 1.165) is 36.4 Å². The average Bonchev–Trinajstić information content (AvgIpc) is 2.92. The van der Waals surface area contributed by atoms with Crippen LogP contribution in [-0.2, 0) is 24.3 Å². The molecule has 212 valence electrons. The van der Waals surface area contributed by atoms with Crippen molar-refractivity contribution in [2.75, 3.05) is 5.32 Å². The molecule has 1 heterocycles.